The van der Waals surface area contributed by atoms with Crippen molar-refractivity contribution in [3.8, 4) is 0 Å². The number of rotatable bonds is 5. The molecule has 0 amide bonds. The molecule has 0 radical (unpaired) electrons. The number of esters is 1. The minimum Gasteiger partial charge on any atom is -0.465 e. The Labute approximate surface area is 79.4 Å². The summed E-state index contributed by atoms with van der Waals surface area (Å²) in [5.74, 6) is -0.368. The van der Waals surface area contributed by atoms with Gasteiger partial charge in [-0.15, -0.1) is 0 Å². The van der Waals surface area contributed by atoms with Crippen LogP contribution in [0.25, 0.3) is 0 Å². The normalized spacial score (nSPS) is 13.9. The number of ether oxygens (including phenoxy) is 2. The van der Waals surface area contributed by atoms with Gasteiger partial charge in [0.2, 0.25) is 0 Å². The van der Waals surface area contributed by atoms with Crippen molar-refractivity contribution in [1.29, 1.82) is 0 Å². The van der Waals surface area contributed by atoms with Crippen molar-refractivity contribution in [2.75, 3.05) is 13.7 Å². The van der Waals surface area contributed by atoms with E-state index in [1.807, 2.05) is 13.8 Å². The van der Waals surface area contributed by atoms with Gasteiger partial charge >= 0.3 is 5.97 Å². The van der Waals surface area contributed by atoms with E-state index in [9.17, 15) is 4.79 Å². The Kier molecular flexibility index (Phi) is 4.95. The molecule has 0 aliphatic heterocycles. The van der Waals surface area contributed by atoms with E-state index in [2.05, 4.69) is 0 Å². The Balaban J connectivity index is 3.99. The summed E-state index contributed by atoms with van der Waals surface area (Å²) in [7, 11) is 1.60. The van der Waals surface area contributed by atoms with Crippen molar-refractivity contribution in [2.45, 2.75) is 38.8 Å². The van der Waals surface area contributed by atoms with Gasteiger partial charge in [-0.1, -0.05) is 0 Å². The van der Waals surface area contributed by atoms with Crippen molar-refractivity contribution in [3.63, 3.8) is 0 Å². The quantitative estimate of drug-likeness (QED) is 0.646. The van der Waals surface area contributed by atoms with Gasteiger partial charge in [0, 0.05) is 13.5 Å². The van der Waals surface area contributed by atoms with Crippen LogP contribution in [0.15, 0.2) is 0 Å². The molecule has 0 heterocycles. The van der Waals surface area contributed by atoms with Gasteiger partial charge in [0.25, 0.3) is 0 Å². The van der Waals surface area contributed by atoms with Crippen molar-refractivity contribution >= 4 is 5.97 Å². The Morgan fingerprint density at radius 2 is 2.08 bits per heavy atom. The van der Waals surface area contributed by atoms with E-state index in [1.165, 1.54) is 0 Å². The maximum absolute atomic E-state index is 11.1. The van der Waals surface area contributed by atoms with Gasteiger partial charge in [0.05, 0.1) is 12.2 Å². The summed E-state index contributed by atoms with van der Waals surface area (Å²) in [5, 5.41) is 0. The van der Waals surface area contributed by atoms with Crippen LogP contribution >= 0.6 is 0 Å². The van der Waals surface area contributed by atoms with E-state index >= 15 is 0 Å². The van der Waals surface area contributed by atoms with Gasteiger partial charge in [-0.05, 0) is 20.8 Å². The number of methoxy groups -OCH3 is 1. The second kappa shape index (κ2) is 5.19. The van der Waals surface area contributed by atoms with Crippen LogP contribution in [0, 0.1) is 0 Å². The average molecular weight is 189 g/mol. The summed E-state index contributed by atoms with van der Waals surface area (Å²) in [4.78, 5) is 11.1. The molecule has 0 aliphatic carbocycles. The van der Waals surface area contributed by atoms with E-state index < -0.39 is 6.04 Å². The third kappa shape index (κ3) is 4.85. The fourth-order valence-electron chi connectivity index (χ4n) is 0.946. The number of nitrogens with two attached hydrogens (primary N) is 1. The predicted octanol–water partition coefficient (Wildman–Crippen LogP) is 0.692. The third-order valence-electron chi connectivity index (χ3n) is 1.85. The third-order valence-corrected chi connectivity index (χ3v) is 1.85. The molecule has 0 saturated heterocycles. The molecule has 0 aromatic heterocycles. The molecule has 0 spiro atoms. The fourth-order valence-corrected chi connectivity index (χ4v) is 0.946. The summed E-state index contributed by atoms with van der Waals surface area (Å²) in [6.07, 6.45) is 0.461. The number of carbonyl (C=O) groups excluding carboxylic acids is 1. The zero-order chi connectivity index (χ0) is 10.5. The van der Waals surface area contributed by atoms with E-state index in [4.69, 9.17) is 15.2 Å². The zero-order valence-corrected chi connectivity index (χ0v) is 8.79. The Morgan fingerprint density at radius 3 is 2.46 bits per heavy atom. The maximum Gasteiger partial charge on any atom is 0.323 e. The lowest BCUT2D eigenvalue weighted by Gasteiger charge is -2.25. The Morgan fingerprint density at radius 1 is 1.54 bits per heavy atom. The van der Waals surface area contributed by atoms with Gasteiger partial charge in [0.15, 0.2) is 0 Å². The molecule has 0 aromatic carbocycles. The van der Waals surface area contributed by atoms with Gasteiger partial charge in [0.1, 0.15) is 6.04 Å². The molecule has 78 valence electrons. The first-order valence-electron chi connectivity index (χ1n) is 4.40. The largest absolute Gasteiger partial charge is 0.465 e. The molecule has 1 unspecified atom stereocenters. The number of hydrogen-bond donors (Lipinski definition) is 1. The molecular weight excluding hydrogens is 170 g/mol. The summed E-state index contributed by atoms with van der Waals surface area (Å²) in [5.41, 5.74) is 5.23. The van der Waals surface area contributed by atoms with Crippen molar-refractivity contribution in [3.05, 3.63) is 0 Å². The molecule has 0 saturated carbocycles. The van der Waals surface area contributed by atoms with Crippen LogP contribution in [0.5, 0.6) is 0 Å². The van der Waals surface area contributed by atoms with Crippen LogP contribution in [0.1, 0.15) is 27.2 Å². The maximum atomic E-state index is 11.1. The number of hydrogen-bond acceptors (Lipinski definition) is 4. The first-order valence-corrected chi connectivity index (χ1v) is 4.40. The van der Waals surface area contributed by atoms with Gasteiger partial charge in [-0.25, -0.2) is 0 Å². The molecule has 4 nitrogen and oxygen atoms in total. The Hall–Kier alpha value is -0.610. The van der Waals surface area contributed by atoms with E-state index in [1.54, 1.807) is 14.0 Å². The highest BCUT2D eigenvalue weighted by molar-refractivity contribution is 5.75. The number of carbonyl (C=O) groups is 1. The van der Waals surface area contributed by atoms with E-state index in [0.29, 0.717) is 13.0 Å². The zero-order valence-electron chi connectivity index (χ0n) is 8.79. The van der Waals surface area contributed by atoms with Crippen LogP contribution in [0.4, 0.5) is 0 Å². The smallest absolute Gasteiger partial charge is 0.323 e. The second-order valence-corrected chi connectivity index (χ2v) is 3.53. The highest BCUT2D eigenvalue weighted by Gasteiger charge is 2.25. The van der Waals surface area contributed by atoms with E-state index in [-0.39, 0.29) is 11.6 Å². The van der Waals surface area contributed by atoms with Gasteiger partial charge < -0.3 is 15.2 Å². The minimum absolute atomic E-state index is 0.361. The molecule has 0 rings (SSSR count). The summed E-state index contributed by atoms with van der Waals surface area (Å²) in [6, 6.07) is -0.602. The van der Waals surface area contributed by atoms with Crippen LogP contribution < -0.4 is 5.73 Å². The standard InChI is InChI=1S/C9H19NO3/c1-5-13-8(11)7(10)6-9(2,3)12-4/h7H,5-6,10H2,1-4H3. The minimum atomic E-state index is -0.602. The summed E-state index contributed by atoms with van der Waals surface area (Å²) < 4.78 is 9.92. The lowest BCUT2D eigenvalue weighted by atomic mass is 9.99. The molecule has 0 aromatic rings. The van der Waals surface area contributed by atoms with Crippen LogP contribution in [0.3, 0.4) is 0 Å². The highest BCUT2D eigenvalue weighted by Crippen LogP contribution is 2.14. The average Bonchev–Trinajstić information content (AvgIpc) is 2.04. The van der Waals surface area contributed by atoms with Crippen molar-refractivity contribution < 1.29 is 14.3 Å². The summed E-state index contributed by atoms with van der Waals surface area (Å²) in [6.45, 7) is 5.88. The second-order valence-electron chi connectivity index (χ2n) is 3.53. The highest BCUT2D eigenvalue weighted by atomic mass is 16.5. The first-order chi connectivity index (χ1) is 5.93. The van der Waals surface area contributed by atoms with Gasteiger partial charge in [-0.2, -0.15) is 0 Å². The molecular formula is C9H19NO3. The molecule has 1 atom stereocenters. The molecule has 0 bridgehead atoms. The van der Waals surface area contributed by atoms with Crippen LogP contribution in [-0.4, -0.2) is 31.3 Å². The lowest BCUT2D eigenvalue weighted by molar-refractivity contribution is -0.146. The SMILES string of the molecule is CCOC(=O)C(N)CC(C)(C)OC. The molecule has 0 fully saturated rings. The van der Waals surface area contributed by atoms with Crippen molar-refractivity contribution in [2.24, 2.45) is 5.73 Å². The fraction of sp³-hybridized carbons (Fsp3) is 0.889. The van der Waals surface area contributed by atoms with Crippen LogP contribution in [0.2, 0.25) is 0 Å². The predicted molar refractivity (Wildman–Crippen MR) is 50.3 cm³/mol. The Bertz CT molecular complexity index is 168. The molecule has 2 N–H and O–H groups in total. The molecule has 13 heavy (non-hydrogen) atoms. The lowest BCUT2D eigenvalue weighted by Crippen LogP contribution is -2.40. The monoisotopic (exact) mass is 189 g/mol. The first kappa shape index (κ1) is 12.4. The van der Waals surface area contributed by atoms with Crippen LogP contribution in [-0.2, 0) is 14.3 Å². The molecule has 4 heteroatoms. The van der Waals surface area contributed by atoms with Crippen molar-refractivity contribution in [1.82, 2.24) is 0 Å². The van der Waals surface area contributed by atoms with E-state index in [0.717, 1.165) is 0 Å². The van der Waals surface area contributed by atoms with Gasteiger partial charge in [-0.3, -0.25) is 4.79 Å². The molecule has 0 aliphatic rings. The summed E-state index contributed by atoms with van der Waals surface area (Å²) >= 11 is 0. The topological polar surface area (TPSA) is 61.5 Å².